The largest absolute Gasteiger partial charge is 0.399 e. The Labute approximate surface area is 133 Å². The van der Waals surface area contributed by atoms with Crippen LogP contribution in [-0.2, 0) is 5.75 Å². The molecule has 0 atom stereocenters. The average molecular weight is 321 g/mol. The number of anilines is 1. The number of nitrogen functional groups attached to an aromatic ring is 1. The quantitative estimate of drug-likeness (QED) is 0.662. The monoisotopic (exact) mass is 320 g/mol. The van der Waals surface area contributed by atoms with Gasteiger partial charge >= 0.3 is 0 Å². The van der Waals surface area contributed by atoms with Crippen molar-refractivity contribution in [3.05, 3.63) is 57.6 Å². The average Bonchev–Trinajstić information content (AvgIpc) is 2.35. The fourth-order valence-corrected chi connectivity index (χ4v) is 3.63. The summed E-state index contributed by atoms with van der Waals surface area (Å²) < 4.78 is 0. The van der Waals surface area contributed by atoms with E-state index in [1.807, 2.05) is 0 Å². The van der Waals surface area contributed by atoms with E-state index in [0.717, 1.165) is 0 Å². The second kappa shape index (κ2) is 6.41. The summed E-state index contributed by atoms with van der Waals surface area (Å²) >= 11 is 7.69. The molecule has 1 amide bonds. The first kappa shape index (κ1) is 15.7. The first-order chi connectivity index (χ1) is 9.86. The minimum Gasteiger partial charge on any atom is -0.399 e. The third-order valence-electron chi connectivity index (χ3n) is 3.00. The summed E-state index contributed by atoms with van der Waals surface area (Å²) in [5.74, 6) is 0.194. The van der Waals surface area contributed by atoms with Gasteiger partial charge in [-0.25, -0.2) is 0 Å². The van der Waals surface area contributed by atoms with Crippen LogP contribution in [0, 0.1) is 13.8 Å². The van der Waals surface area contributed by atoms with Crippen LogP contribution in [0.4, 0.5) is 5.69 Å². The van der Waals surface area contributed by atoms with Crippen LogP contribution in [0.15, 0.2) is 35.2 Å². The van der Waals surface area contributed by atoms with Crippen molar-refractivity contribution in [1.82, 2.24) is 0 Å². The van der Waals surface area contributed by atoms with Gasteiger partial charge in [0.15, 0.2) is 0 Å². The van der Waals surface area contributed by atoms with Crippen LogP contribution in [0.25, 0.3) is 0 Å². The predicted octanol–water partition coefficient (Wildman–Crippen LogP) is 3.93. The lowest BCUT2D eigenvalue weighted by atomic mass is 10.1. The van der Waals surface area contributed by atoms with Crippen molar-refractivity contribution in [2.75, 3.05) is 5.73 Å². The number of benzene rings is 2. The topological polar surface area (TPSA) is 69.1 Å². The van der Waals surface area contributed by atoms with Crippen LogP contribution in [0.5, 0.6) is 0 Å². The van der Waals surface area contributed by atoms with Crippen LogP contribution in [-0.4, -0.2) is 5.91 Å². The maximum atomic E-state index is 11.5. The van der Waals surface area contributed by atoms with Gasteiger partial charge in [0.05, 0.1) is 10.6 Å². The number of halogens is 1. The highest BCUT2D eigenvalue weighted by molar-refractivity contribution is 7.98. The first-order valence-electron chi connectivity index (χ1n) is 6.45. The van der Waals surface area contributed by atoms with E-state index in [1.54, 1.807) is 12.1 Å². The fraction of sp³-hybridized carbons (Fsp3) is 0.188. The Hall–Kier alpha value is -1.65. The summed E-state index contributed by atoms with van der Waals surface area (Å²) in [4.78, 5) is 12.2. The summed E-state index contributed by atoms with van der Waals surface area (Å²) in [5.41, 5.74) is 15.5. The van der Waals surface area contributed by atoms with Crippen LogP contribution in [0.3, 0.4) is 0 Å². The second-order valence-electron chi connectivity index (χ2n) is 5.03. The van der Waals surface area contributed by atoms with E-state index in [0.29, 0.717) is 26.9 Å². The number of thioether (sulfide) groups is 1. The molecule has 0 spiro atoms. The third kappa shape index (κ3) is 3.93. The minimum absolute atomic E-state index is 0.370. The molecule has 0 heterocycles. The van der Waals surface area contributed by atoms with E-state index < -0.39 is 5.91 Å². The molecule has 0 aliphatic rings. The number of nitrogens with two attached hydrogens (primary N) is 2. The highest BCUT2D eigenvalue weighted by atomic mass is 35.5. The fourth-order valence-electron chi connectivity index (χ4n) is 2.25. The standard InChI is InChI=1S/C16H17ClN2OS/c1-9-3-10(2)5-11(4-9)8-21-15-13(16(19)20)6-12(18)7-14(15)17/h3-7H,8,18H2,1-2H3,(H2,19,20). The number of amides is 1. The van der Waals surface area contributed by atoms with Crippen molar-refractivity contribution >= 4 is 35.0 Å². The summed E-state index contributed by atoms with van der Waals surface area (Å²) in [6.45, 7) is 4.12. The number of primary amides is 1. The first-order valence-corrected chi connectivity index (χ1v) is 7.82. The second-order valence-corrected chi connectivity index (χ2v) is 6.42. The third-order valence-corrected chi connectivity index (χ3v) is 4.61. The number of rotatable bonds is 4. The molecule has 0 aromatic heterocycles. The Kier molecular flexibility index (Phi) is 4.80. The zero-order chi connectivity index (χ0) is 15.6. The molecule has 0 aliphatic carbocycles. The Bertz CT molecular complexity index is 681. The van der Waals surface area contributed by atoms with Gasteiger partial charge in [0.2, 0.25) is 5.91 Å². The molecule has 0 aliphatic heterocycles. The molecular weight excluding hydrogens is 304 g/mol. The van der Waals surface area contributed by atoms with Gasteiger partial charge in [-0.3, -0.25) is 4.79 Å². The van der Waals surface area contributed by atoms with Gasteiger partial charge in [-0.15, -0.1) is 11.8 Å². The summed E-state index contributed by atoms with van der Waals surface area (Å²) in [5, 5.41) is 0.457. The predicted molar refractivity (Wildman–Crippen MR) is 89.9 cm³/mol. The van der Waals surface area contributed by atoms with Gasteiger partial charge < -0.3 is 11.5 Å². The lowest BCUT2D eigenvalue weighted by Crippen LogP contribution is -2.13. The maximum Gasteiger partial charge on any atom is 0.249 e. The molecule has 4 N–H and O–H groups in total. The highest BCUT2D eigenvalue weighted by Gasteiger charge is 2.14. The lowest BCUT2D eigenvalue weighted by Gasteiger charge is -2.11. The van der Waals surface area contributed by atoms with E-state index in [1.165, 1.54) is 28.5 Å². The molecular formula is C16H17ClN2OS. The van der Waals surface area contributed by atoms with Crippen molar-refractivity contribution in [3.8, 4) is 0 Å². The van der Waals surface area contributed by atoms with Crippen molar-refractivity contribution in [3.63, 3.8) is 0 Å². The normalized spacial score (nSPS) is 10.6. The van der Waals surface area contributed by atoms with E-state index in [2.05, 4.69) is 32.0 Å². The SMILES string of the molecule is Cc1cc(C)cc(CSc2c(Cl)cc(N)cc2C(N)=O)c1. The smallest absolute Gasteiger partial charge is 0.249 e. The molecule has 5 heteroatoms. The molecule has 0 fully saturated rings. The molecule has 21 heavy (non-hydrogen) atoms. The van der Waals surface area contributed by atoms with Crippen LogP contribution in [0.2, 0.25) is 5.02 Å². The molecule has 0 radical (unpaired) electrons. The molecule has 0 saturated carbocycles. The van der Waals surface area contributed by atoms with E-state index >= 15 is 0 Å². The minimum atomic E-state index is -0.521. The molecule has 2 aromatic rings. The molecule has 110 valence electrons. The molecule has 0 bridgehead atoms. The van der Waals surface area contributed by atoms with E-state index in [-0.39, 0.29) is 0 Å². The Morgan fingerprint density at radius 2 is 1.76 bits per heavy atom. The van der Waals surface area contributed by atoms with Crippen LogP contribution < -0.4 is 11.5 Å². The maximum absolute atomic E-state index is 11.5. The number of hydrogen-bond acceptors (Lipinski definition) is 3. The zero-order valence-electron chi connectivity index (χ0n) is 11.9. The molecule has 0 saturated heterocycles. The van der Waals surface area contributed by atoms with Gasteiger partial charge in [0.1, 0.15) is 0 Å². The highest BCUT2D eigenvalue weighted by Crippen LogP contribution is 2.35. The number of aryl methyl sites for hydroxylation is 2. The van der Waals surface area contributed by atoms with Gasteiger partial charge in [0.25, 0.3) is 0 Å². The van der Waals surface area contributed by atoms with Crippen molar-refractivity contribution in [1.29, 1.82) is 0 Å². The van der Waals surface area contributed by atoms with Gasteiger partial charge in [-0.05, 0) is 31.5 Å². The molecule has 2 aromatic carbocycles. The Morgan fingerprint density at radius 1 is 1.14 bits per heavy atom. The van der Waals surface area contributed by atoms with Gasteiger partial charge in [0, 0.05) is 16.3 Å². The van der Waals surface area contributed by atoms with Crippen molar-refractivity contribution < 1.29 is 4.79 Å². The van der Waals surface area contributed by atoms with Gasteiger partial charge in [-0.1, -0.05) is 40.9 Å². The molecule has 0 unspecified atom stereocenters. The molecule has 2 rings (SSSR count). The Morgan fingerprint density at radius 3 is 2.33 bits per heavy atom. The zero-order valence-corrected chi connectivity index (χ0v) is 13.5. The summed E-state index contributed by atoms with van der Waals surface area (Å²) in [6, 6.07) is 9.57. The number of carbonyl (C=O) groups excluding carboxylic acids is 1. The van der Waals surface area contributed by atoms with Crippen LogP contribution in [0.1, 0.15) is 27.0 Å². The lowest BCUT2D eigenvalue weighted by molar-refractivity contribution is 0.0997. The Balaban J connectivity index is 2.29. The van der Waals surface area contributed by atoms with Crippen molar-refractivity contribution in [2.45, 2.75) is 24.5 Å². The van der Waals surface area contributed by atoms with Crippen molar-refractivity contribution in [2.24, 2.45) is 5.73 Å². The summed E-state index contributed by atoms with van der Waals surface area (Å²) in [6.07, 6.45) is 0. The van der Waals surface area contributed by atoms with E-state index in [4.69, 9.17) is 23.1 Å². The molecule has 3 nitrogen and oxygen atoms in total. The number of carbonyl (C=O) groups is 1. The van der Waals surface area contributed by atoms with Crippen LogP contribution >= 0.6 is 23.4 Å². The number of hydrogen-bond donors (Lipinski definition) is 2. The van der Waals surface area contributed by atoms with E-state index in [9.17, 15) is 4.79 Å². The summed E-state index contributed by atoms with van der Waals surface area (Å²) in [7, 11) is 0. The van der Waals surface area contributed by atoms with Gasteiger partial charge in [-0.2, -0.15) is 0 Å².